The predicted molar refractivity (Wildman–Crippen MR) is 119 cm³/mol. The minimum absolute atomic E-state index is 0.0378. The molecule has 1 atom stereocenters. The van der Waals surface area contributed by atoms with E-state index in [-0.39, 0.29) is 11.8 Å². The van der Waals surface area contributed by atoms with Crippen molar-refractivity contribution in [2.45, 2.75) is 38.0 Å². The zero-order valence-corrected chi connectivity index (χ0v) is 18.2. The molecule has 0 spiro atoms. The van der Waals surface area contributed by atoms with Crippen LogP contribution in [0.5, 0.6) is 0 Å². The van der Waals surface area contributed by atoms with Crippen LogP contribution in [0.4, 0.5) is 5.69 Å². The third-order valence-electron chi connectivity index (χ3n) is 6.22. The van der Waals surface area contributed by atoms with Crippen LogP contribution in [0, 0.1) is 6.92 Å². The van der Waals surface area contributed by atoms with Crippen molar-refractivity contribution in [1.82, 2.24) is 9.62 Å². The normalized spacial score (nSPS) is 20.5. The minimum Gasteiger partial charge on any atom is -0.369 e. The van der Waals surface area contributed by atoms with Crippen LogP contribution >= 0.6 is 0 Å². The zero-order chi connectivity index (χ0) is 20.4. The molecule has 5 nitrogen and oxygen atoms in total. The van der Waals surface area contributed by atoms with E-state index in [0.29, 0.717) is 0 Å². The zero-order valence-electron chi connectivity index (χ0n) is 17.4. The van der Waals surface area contributed by atoms with Crippen LogP contribution in [0.25, 0.3) is 0 Å². The standard InChI is InChI=1S/C23H31N3O2S/c1-18-8-11-23(26-14-12-25(2)13-15-26)22-16-20(9-10-21(18)22)24-29(27,28)17-19-6-4-3-5-7-19/h3-8,11,20,24H,9-10,12-17H2,1-2H3/t20-/m1/s1. The van der Waals surface area contributed by atoms with E-state index in [1.165, 1.54) is 22.4 Å². The fourth-order valence-electron chi connectivity index (χ4n) is 4.57. The SMILES string of the molecule is Cc1ccc(N2CCN(C)CC2)c2c1CC[C@@H](NS(=O)(=O)Cc1ccccc1)C2. The van der Waals surface area contributed by atoms with E-state index >= 15 is 0 Å². The first-order chi connectivity index (χ1) is 13.9. The summed E-state index contributed by atoms with van der Waals surface area (Å²) in [6.07, 6.45) is 2.56. The van der Waals surface area contributed by atoms with E-state index in [2.05, 4.69) is 40.6 Å². The van der Waals surface area contributed by atoms with Gasteiger partial charge in [-0.3, -0.25) is 0 Å². The second kappa shape index (κ2) is 8.46. The number of nitrogens with zero attached hydrogens (tertiary/aromatic N) is 2. The van der Waals surface area contributed by atoms with Gasteiger partial charge in [0.05, 0.1) is 5.75 Å². The Labute approximate surface area is 174 Å². The van der Waals surface area contributed by atoms with Gasteiger partial charge in [-0.1, -0.05) is 36.4 Å². The summed E-state index contributed by atoms with van der Waals surface area (Å²) in [5.74, 6) is 0.0380. The van der Waals surface area contributed by atoms with E-state index < -0.39 is 10.0 Å². The lowest BCUT2D eigenvalue weighted by molar-refractivity contribution is 0.312. The monoisotopic (exact) mass is 413 g/mol. The first-order valence-electron chi connectivity index (χ1n) is 10.5. The highest BCUT2D eigenvalue weighted by Gasteiger charge is 2.28. The lowest BCUT2D eigenvalue weighted by Crippen LogP contribution is -2.45. The summed E-state index contributed by atoms with van der Waals surface area (Å²) in [7, 11) is -1.20. The van der Waals surface area contributed by atoms with Gasteiger partial charge in [-0.2, -0.15) is 0 Å². The lowest BCUT2D eigenvalue weighted by Gasteiger charge is -2.37. The van der Waals surface area contributed by atoms with E-state index in [1.54, 1.807) is 0 Å². The summed E-state index contributed by atoms with van der Waals surface area (Å²) < 4.78 is 28.5. The van der Waals surface area contributed by atoms with Crippen LogP contribution in [0.15, 0.2) is 42.5 Å². The van der Waals surface area contributed by atoms with Gasteiger partial charge in [0.2, 0.25) is 10.0 Å². The average molecular weight is 414 g/mol. The van der Waals surface area contributed by atoms with Gasteiger partial charge in [0.25, 0.3) is 0 Å². The molecule has 0 saturated carbocycles. The predicted octanol–water partition coefficient (Wildman–Crippen LogP) is 2.72. The average Bonchev–Trinajstić information content (AvgIpc) is 2.69. The number of sulfonamides is 1. The Balaban J connectivity index is 1.52. The molecule has 4 rings (SSSR count). The van der Waals surface area contributed by atoms with Crippen LogP contribution in [0.3, 0.4) is 0 Å². The van der Waals surface area contributed by atoms with Gasteiger partial charge >= 0.3 is 0 Å². The molecule has 1 N–H and O–H groups in total. The largest absolute Gasteiger partial charge is 0.369 e. The van der Waals surface area contributed by atoms with Gasteiger partial charge in [0.15, 0.2) is 0 Å². The van der Waals surface area contributed by atoms with Crippen molar-refractivity contribution < 1.29 is 8.42 Å². The third kappa shape index (κ3) is 4.82. The molecule has 1 aliphatic heterocycles. The molecule has 1 saturated heterocycles. The van der Waals surface area contributed by atoms with Crippen molar-refractivity contribution >= 4 is 15.7 Å². The van der Waals surface area contributed by atoms with E-state index in [4.69, 9.17) is 0 Å². The summed E-state index contributed by atoms with van der Waals surface area (Å²) in [5, 5.41) is 0. The maximum absolute atomic E-state index is 12.7. The number of likely N-dealkylation sites (N-methyl/N-ethyl adjacent to an activating group) is 1. The van der Waals surface area contributed by atoms with Gasteiger partial charge in [-0.15, -0.1) is 0 Å². The van der Waals surface area contributed by atoms with Gasteiger partial charge in [-0.25, -0.2) is 13.1 Å². The summed E-state index contributed by atoms with van der Waals surface area (Å²) >= 11 is 0. The minimum atomic E-state index is -3.36. The highest BCUT2D eigenvalue weighted by atomic mass is 32.2. The molecule has 2 aromatic carbocycles. The quantitative estimate of drug-likeness (QED) is 0.819. The molecule has 1 fully saturated rings. The first-order valence-corrected chi connectivity index (χ1v) is 12.2. The molecule has 156 valence electrons. The molecule has 6 heteroatoms. The van der Waals surface area contributed by atoms with Crippen LogP contribution in [0.2, 0.25) is 0 Å². The number of rotatable bonds is 5. The molecule has 2 aromatic rings. The molecule has 0 amide bonds. The lowest BCUT2D eigenvalue weighted by atomic mass is 9.84. The molecular formula is C23H31N3O2S. The maximum Gasteiger partial charge on any atom is 0.216 e. The number of anilines is 1. The van der Waals surface area contributed by atoms with Gasteiger partial charge in [0, 0.05) is 37.9 Å². The van der Waals surface area contributed by atoms with E-state index in [1.807, 2.05) is 30.3 Å². The summed E-state index contributed by atoms with van der Waals surface area (Å²) in [6.45, 7) is 6.35. The van der Waals surface area contributed by atoms with Gasteiger partial charge < -0.3 is 9.80 Å². The van der Waals surface area contributed by atoms with Crippen molar-refractivity contribution in [3.63, 3.8) is 0 Å². The van der Waals surface area contributed by atoms with Crippen LogP contribution in [-0.2, 0) is 28.6 Å². The van der Waals surface area contributed by atoms with Gasteiger partial charge in [-0.05, 0) is 61.6 Å². The molecule has 1 heterocycles. The number of piperazine rings is 1. The van der Waals surface area contributed by atoms with E-state index in [0.717, 1.165) is 51.0 Å². The summed E-state index contributed by atoms with van der Waals surface area (Å²) in [5.41, 5.74) is 6.20. The fourth-order valence-corrected chi connectivity index (χ4v) is 6.00. The number of fused-ring (bicyclic) bond motifs is 1. The highest BCUT2D eigenvalue weighted by molar-refractivity contribution is 7.88. The number of benzene rings is 2. The van der Waals surface area contributed by atoms with Crippen molar-refractivity contribution in [2.75, 3.05) is 38.1 Å². The summed E-state index contributed by atoms with van der Waals surface area (Å²) in [4.78, 5) is 4.83. The van der Waals surface area contributed by atoms with Crippen molar-refractivity contribution in [2.24, 2.45) is 0 Å². The van der Waals surface area contributed by atoms with Crippen LogP contribution in [0.1, 0.15) is 28.7 Å². The van der Waals surface area contributed by atoms with Crippen molar-refractivity contribution in [1.29, 1.82) is 0 Å². The van der Waals surface area contributed by atoms with Crippen molar-refractivity contribution in [3.05, 3.63) is 64.7 Å². The molecule has 29 heavy (non-hydrogen) atoms. The molecule has 0 radical (unpaired) electrons. The fraction of sp³-hybridized carbons (Fsp3) is 0.478. The Bertz CT molecular complexity index is 952. The molecular weight excluding hydrogens is 382 g/mol. The molecule has 0 bridgehead atoms. The summed E-state index contributed by atoms with van der Waals surface area (Å²) in [6, 6.07) is 13.8. The Morgan fingerprint density at radius 2 is 1.72 bits per heavy atom. The Morgan fingerprint density at radius 1 is 1.00 bits per heavy atom. The second-order valence-corrected chi connectivity index (χ2v) is 10.2. The molecule has 2 aliphatic rings. The Hall–Kier alpha value is -1.89. The highest BCUT2D eigenvalue weighted by Crippen LogP contribution is 2.33. The van der Waals surface area contributed by atoms with Crippen LogP contribution < -0.4 is 9.62 Å². The van der Waals surface area contributed by atoms with E-state index in [9.17, 15) is 8.42 Å². The first kappa shape index (κ1) is 20.4. The third-order valence-corrected chi connectivity index (χ3v) is 7.63. The second-order valence-electron chi connectivity index (χ2n) is 8.45. The Morgan fingerprint density at radius 3 is 2.45 bits per heavy atom. The topological polar surface area (TPSA) is 52.6 Å². The van der Waals surface area contributed by atoms with Gasteiger partial charge in [0.1, 0.15) is 0 Å². The van der Waals surface area contributed by atoms with Crippen molar-refractivity contribution in [3.8, 4) is 0 Å². The number of hydrogen-bond acceptors (Lipinski definition) is 4. The molecule has 0 aromatic heterocycles. The Kier molecular flexibility index (Phi) is 5.95. The number of nitrogens with one attached hydrogen (secondary N) is 1. The van der Waals surface area contributed by atoms with Crippen LogP contribution in [-0.4, -0.2) is 52.6 Å². The molecule has 0 unspecified atom stereocenters. The molecule has 1 aliphatic carbocycles. The maximum atomic E-state index is 12.7. The smallest absolute Gasteiger partial charge is 0.216 e. The number of aryl methyl sites for hydroxylation is 1. The number of hydrogen-bond donors (Lipinski definition) is 1.